The number of hydrogen-bond donors (Lipinski definition) is 0. The van der Waals surface area contributed by atoms with Crippen LogP contribution in [0.15, 0.2) is 59.6 Å². The molecular formula is C21H20N2O3S. The number of thiazole rings is 1. The third-order valence-corrected chi connectivity index (χ3v) is 4.90. The van der Waals surface area contributed by atoms with Crippen molar-refractivity contribution in [3.05, 3.63) is 70.5 Å². The van der Waals surface area contributed by atoms with E-state index in [1.807, 2.05) is 55.5 Å². The third-order valence-electron chi connectivity index (χ3n) is 3.85. The number of esters is 1. The van der Waals surface area contributed by atoms with Gasteiger partial charge in [-0.3, -0.25) is 9.59 Å². The molecule has 0 bridgehead atoms. The molecule has 6 heteroatoms. The Labute approximate surface area is 161 Å². The van der Waals surface area contributed by atoms with Gasteiger partial charge in [0.25, 0.3) is 5.91 Å². The summed E-state index contributed by atoms with van der Waals surface area (Å²) >= 11 is 1.38. The van der Waals surface area contributed by atoms with Crippen molar-refractivity contribution >= 4 is 39.5 Å². The van der Waals surface area contributed by atoms with Crippen LogP contribution in [0, 0.1) is 6.92 Å². The van der Waals surface area contributed by atoms with Gasteiger partial charge in [0.1, 0.15) is 6.54 Å². The number of hydrogen-bond acceptors (Lipinski definition) is 4. The molecule has 0 spiro atoms. The standard InChI is InChI=1S/C21H20N2O3S/c1-3-26-20(25)14-23-17-11-9-15(2)13-18(17)27-21(23)22-19(24)12-10-16-7-5-4-6-8-16/h4-13H,3,14H2,1-2H3. The monoisotopic (exact) mass is 380 g/mol. The van der Waals surface area contributed by atoms with Crippen LogP contribution in [-0.2, 0) is 20.9 Å². The Hall–Kier alpha value is -2.99. The largest absolute Gasteiger partial charge is 0.465 e. The highest BCUT2D eigenvalue weighted by Crippen LogP contribution is 2.19. The van der Waals surface area contributed by atoms with Gasteiger partial charge in [0, 0.05) is 6.08 Å². The molecule has 1 aromatic heterocycles. The molecular weight excluding hydrogens is 360 g/mol. The second-order valence-electron chi connectivity index (χ2n) is 5.94. The second-order valence-corrected chi connectivity index (χ2v) is 6.95. The van der Waals surface area contributed by atoms with E-state index >= 15 is 0 Å². The summed E-state index contributed by atoms with van der Waals surface area (Å²) in [7, 11) is 0. The fourth-order valence-corrected chi connectivity index (χ4v) is 3.75. The molecule has 1 amide bonds. The molecule has 0 radical (unpaired) electrons. The molecule has 3 rings (SSSR count). The van der Waals surface area contributed by atoms with Crippen LogP contribution in [0.1, 0.15) is 18.1 Å². The molecule has 0 aliphatic carbocycles. The van der Waals surface area contributed by atoms with Gasteiger partial charge in [-0.05, 0) is 43.2 Å². The van der Waals surface area contributed by atoms with E-state index in [0.717, 1.165) is 21.3 Å². The lowest BCUT2D eigenvalue weighted by Gasteiger charge is -2.05. The summed E-state index contributed by atoms with van der Waals surface area (Å²) in [5.41, 5.74) is 2.89. The molecule has 1 heterocycles. The average Bonchev–Trinajstić information content (AvgIpc) is 2.97. The van der Waals surface area contributed by atoms with Gasteiger partial charge < -0.3 is 9.30 Å². The number of carbonyl (C=O) groups is 2. The molecule has 3 aromatic rings. The van der Waals surface area contributed by atoms with Crippen molar-refractivity contribution in [1.82, 2.24) is 4.57 Å². The lowest BCUT2D eigenvalue weighted by Crippen LogP contribution is -2.22. The summed E-state index contributed by atoms with van der Waals surface area (Å²) in [5.74, 6) is -0.730. The SMILES string of the molecule is CCOC(=O)Cn1c(=NC(=O)C=Cc2ccccc2)sc2cc(C)ccc21. The summed E-state index contributed by atoms with van der Waals surface area (Å²) in [5, 5.41) is 0. The molecule has 27 heavy (non-hydrogen) atoms. The van der Waals surface area contributed by atoms with Crippen LogP contribution < -0.4 is 4.80 Å². The van der Waals surface area contributed by atoms with Crippen LogP contribution in [-0.4, -0.2) is 23.1 Å². The predicted octanol–water partition coefficient (Wildman–Crippen LogP) is 3.72. The number of ether oxygens (including phenoxy) is 1. The topological polar surface area (TPSA) is 60.7 Å². The zero-order chi connectivity index (χ0) is 19.2. The minimum atomic E-state index is -0.375. The Kier molecular flexibility index (Phi) is 5.98. The fraction of sp³-hybridized carbons (Fsp3) is 0.190. The lowest BCUT2D eigenvalue weighted by atomic mass is 10.2. The highest BCUT2D eigenvalue weighted by molar-refractivity contribution is 7.16. The van der Waals surface area contributed by atoms with Crippen LogP contribution in [0.3, 0.4) is 0 Å². The number of carbonyl (C=O) groups excluding carboxylic acids is 2. The van der Waals surface area contributed by atoms with Crippen molar-refractivity contribution in [2.45, 2.75) is 20.4 Å². The van der Waals surface area contributed by atoms with E-state index in [0.29, 0.717) is 11.4 Å². The Morgan fingerprint density at radius 2 is 1.96 bits per heavy atom. The number of rotatable bonds is 5. The van der Waals surface area contributed by atoms with Crippen molar-refractivity contribution in [3.63, 3.8) is 0 Å². The molecule has 0 atom stereocenters. The van der Waals surface area contributed by atoms with Gasteiger partial charge in [-0.15, -0.1) is 0 Å². The van der Waals surface area contributed by atoms with Crippen LogP contribution in [0.5, 0.6) is 0 Å². The van der Waals surface area contributed by atoms with E-state index in [2.05, 4.69) is 4.99 Å². The number of benzene rings is 2. The van der Waals surface area contributed by atoms with Gasteiger partial charge in [0.2, 0.25) is 0 Å². The van der Waals surface area contributed by atoms with Crippen LogP contribution in [0.4, 0.5) is 0 Å². The van der Waals surface area contributed by atoms with E-state index in [-0.39, 0.29) is 18.4 Å². The molecule has 0 fully saturated rings. The van der Waals surface area contributed by atoms with Crippen molar-refractivity contribution in [2.24, 2.45) is 4.99 Å². The van der Waals surface area contributed by atoms with Gasteiger partial charge in [-0.2, -0.15) is 4.99 Å². The van der Waals surface area contributed by atoms with Crippen molar-refractivity contribution in [2.75, 3.05) is 6.61 Å². The third kappa shape index (κ3) is 4.80. The van der Waals surface area contributed by atoms with Crippen molar-refractivity contribution in [3.8, 4) is 0 Å². The highest BCUT2D eigenvalue weighted by Gasteiger charge is 2.11. The Balaban J connectivity index is 1.98. The van der Waals surface area contributed by atoms with Gasteiger partial charge in [0.05, 0.1) is 16.8 Å². The van der Waals surface area contributed by atoms with Gasteiger partial charge in [0.15, 0.2) is 4.80 Å². The maximum Gasteiger partial charge on any atom is 0.326 e. The summed E-state index contributed by atoms with van der Waals surface area (Å²) in [6.07, 6.45) is 3.15. The van der Waals surface area contributed by atoms with Crippen LogP contribution in [0.2, 0.25) is 0 Å². The van der Waals surface area contributed by atoms with Crippen molar-refractivity contribution < 1.29 is 14.3 Å². The normalized spacial score (nSPS) is 12.0. The molecule has 0 aliphatic rings. The number of aromatic nitrogens is 1. The lowest BCUT2D eigenvalue weighted by molar-refractivity contribution is -0.143. The summed E-state index contributed by atoms with van der Waals surface area (Å²) in [6, 6.07) is 15.5. The summed E-state index contributed by atoms with van der Waals surface area (Å²) in [6.45, 7) is 4.09. The zero-order valence-electron chi connectivity index (χ0n) is 15.2. The first kappa shape index (κ1) is 18.8. The quantitative estimate of drug-likeness (QED) is 0.501. The van der Waals surface area contributed by atoms with Crippen molar-refractivity contribution in [1.29, 1.82) is 0 Å². The fourth-order valence-electron chi connectivity index (χ4n) is 2.62. The molecule has 138 valence electrons. The first-order chi connectivity index (χ1) is 13.1. The smallest absolute Gasteiger partial charge is 0.326 e. The van der Waals surface area contributed by atoms with Gasteiger partial charge in [-0.1, -0.05) is 47.7 Å². The number of nitrogens with zero attached hydrogens (tertiary/aromatic N) is 2. The summed E-state index contributed by atoms with van der Waals surface area (Å²) in [4.78, 5) is 29.0. The molecule has 0 saturated carbocycles. The molecule has 0 N–H and O–H groups in total. The van der Waals surface area contributed by atoms with E-state index in [1.165, 1.54) is 17.4 Å². The Morgan fingerprint density at radius 1 is 1.19 bits per heavy atom. The Bertz CT molecular complexity index is 1060. The molecule has 2 aromatic carbocycles. The molecule has 0 aliphatic heterocycles. The number of fused-ring (bicyclic) bond motifs is 1. The number of aryl methyl sites for hydroxylation is 1. The minimum absolute atomic E-state index is 0.0193. The van der Waals surface area contributed by atoms with Gasteiger partial charge >= 0.3 is 5.97 Å². The number of amides is 1. The van der Waals surface area contributed by atoms with Gasteiger partial charge in [-0.25, -0.2) is 0 Å². The molecule has 0 saturated heterocycles. The van der Waals surface area contributed by atoms with E-state index in [1.54, 1.807) is 17.6 Å². The highest BCUT2D eigenvalue weighted by atomic mass is 32.1. The first-order valence-corrected chi connectivity index (χ1v) is 9.46. The molecule has 5 nitrogen and oxygen atoms in total. The first-order valence-electron chi connectivity index (χ1n) is 8.64. The average molecular weight is 380 g/mol. The predicted molar refractivity (Wildman–Crippen MR) is 107 cm³/mol. The molecule has 0 unspecified atom stereocenters. The van der Waals surface area contributed by atoms with E-state index in [9.17, 15) is 9.59 Å². The van der Waals surface area contributed by atoms with Crippen LogP contribution in [0.25, 0.3) is 16.3 Å². The minimum Gasteiger partial charge on any atom is -0.465 e. The van der Waals surface area contributed by atoms with Crippen LogP contribution >= 0.6 is 11.3 Å². The maximum absolute atomic E-state index is 12.3. The second kappa shape index (κ2) is 8.60. The maximum atomic E-state index is 12.3. The summed E-state index contributed by atoms with van der Waals surface area (Å²) < 4.78 is 7.76. The van der Waals surface area contributed by atoms with E-state index < -0.39 is 0 Å². The van der Waals surface area contributed by atoms with E-state index in [4.69, 9.17) is 4.74 Å². The zero-order valence-corrected chi connectivity index (χ0v) is 16.0. The Morgan fingerprint density at radius 3 is 2.70 bits per heavy atom.